The van der Waals surface area contributed by atoms with E-state index in [0.717, 1.165) is 19.3 Å². The molecule has 0 aliphatic heterocycles. The Hall–Kier alpha value is -1.10. The molecule has 0 aliphatic rings. The van der Waals surface area contributed by atoms with Gasteiger partial charge in [-0.1, -0.05) is 71.1 Å². The van der Waals surface area contributed by atoms with Crippen molar-refractivity contribution in [3.63, 3.8) is 0 Å². The average Bonchev–Trinajstić information content (AvgIpc) is 2.43. The van der Waals surface area contributed by atoms with E-state index in [1.807, 2.05) is 0 Å². The molecule has 0 aliphatic carbocycles. The summed E-state index contributed by atoms with van der Waals surface area (Å²) in [5.41, 5.74) is 4.94. The molecular weight excluding hydrogens is 270 g/mol. The van der Waals surface area contributed by atoms with Gasteiger partial charge in [0, 0.05) is 0 Å². The van der Waals surface area contributed by atoms with Crippen molar-refractivity contribution >= 4 is 11.9 Å². The molecule has 0 fully saturated rings. The Labute approximate surface area is 128 Å². The third kappa shape index (κ3) is 13.6. The fourth-order valence-electron chi connectivity index (χ4n) is 2.28. The summed E-state index contributed by atoms with van der Waals surface area (Å²) in [6.07, 6.45) is 11.6. The maximum absolute atomic E-state index is 10.9. The zero-order valence-electron chi connectivity index (χ0n) is 13.3. The molecule has 0 heterocycles. The molecule has 5 heteroatoms. The van der Waals surface area contributed by atoms with Gasteiger partial charge in [-0.25, -0.2) is 4.79 Å². The summed E-state index contributed by atoms with van der Waals surface area (Å²) in [6.45, 7) is 1.90. The van der Waals surface area contributed by atoms with Crippen molar-refractivity contribution in [3.8, 4) is 0 Å². The molecule has 0 spiro atoms. The van der Waals surface area contributed by atoms with Gasteiger partial charge in [0.1, 0.15) is 6.61 Å². The molecule has 0 saturated heterocycles. The summed E-state index contributed by atoms with van der Waals surface area (Å²) in [4.78, 5) is 21.5. The highest BCUT2D eigenvalue weighted by Crippen LogP contribution is 2.13. The molecule has 0 aromatic carbocycles. The smallest absolute Gasteiger partial charge is 0.332 e. The van der Waals surface area contributed by atoms with E-state index in [9.17, 15) is 9.59 Å². The van der Waals surface area contributed by atoms with Crippen LogP contribution in [0, 0.1) is 0 Å². The lowest BCUT2D eigenvalue weighted by atomic mass is 10.0. The van der Waals surface area contributed by atoms with Crippen LogP contribution >= 0.6 is 0 Å². The minimum atomic E-state index is -1.02. The first kappa shape index (κ1) is 19.9. The van der Waals surface area contributed by atoms with Crippen LogP contribution in [0.25, 0.3) is 0 Å². The Morgan fingerprint density at radius 1 is 0.952 bits per heavy atom. The molecule has 0 rings (SSSR count). The maximum atomic E-state index is 10.9. The Kier molecular flexibility index (Phi) is 13.1. The summed E-state index contributed by atoms with van der Waals surface area (Å²) in [7, 11) is 0. The second kappa shape index (κ2) is 13.9. The second-order valence-corrected chi connectivity index (χ2v) is 5.57. The van der Waals surface area contributed by atoms with Gasteiger partial charge in [0.2, 0.25) is 5.91 Å². The van der Waals surface area contributed by atoms with Crippen molar-refractivity contribution in [3.05, 3.63) is 0 Å². The van der Waals surface area contributed by atoms with Crippen LogP contribution in [0.4, 0.5) is 0 Å². The number of amides is 1. The number of nitrogens with two attached hydrogens (primary N) is 1. The minimum absolute atomic E-state index is 0.325. The number of primary amides is 1. The fourth-order valence-corrected chi connectivity index (χ4v) is 2.28. The van der Waals surface area contributed by atoms with Crippen molar-refractivity contribution in [1.29, 1.82) is 0 Å². The Morgan fingerprint density at radius 3 is 1.86 bits per heavy atom. The highest BCUT2D eigenvalue weighted by Gasteiger charge is 2.18. The lowest BCUT2D eigenvalue weighted by Crippen LogP contribution is -2.29. The van der Waals surface area contributed by atoms with E-state index in [1.165, 1.54) is 44.9 Å². The molecule has 5 nitrogen and oxygen atoms in total. The third-order valence-electron chi connectivity index (χ3n) is 3.52. The van der Waals surface area contributed by atoms with Gasteiger partial charge >= 0.3 is 5.97 Å². The first-order chi connectivity index (χ1) is 10.1. The predicted octanol–water partition coefficient (Wildman–Crippen LogP) is 3.25. The lowest BCUT2D eigenvalue weighted by molar-refractivity contribution is -0.152. The Balaban J connectivity index is 3.45. The van der Waals surface area contributed by atoms with E-state index in [0.29, 0.717) is 6.42 Å². The molecule has 0 saturated carbocycles. The highest BCUT2D eigenvalue weighted by molar-refractivity contribution is 5.76. The van der Waals surface area contributed by atoms with Gasteiger partial charge in [0.25, 0.3) is 0 Å². The van der Waals surface area contributed by atoms with E-state index >= 15 is 0 Å². The van der Waals surface area contributed by atoms with Crippen LogP contribution in [0.5, 0.6) is 0 Å². The van der Waals surface area contributed by atoms with E-state index in [-0.39, 0.29) is 6.61 Å². The summed E-state index contributed by atoms with van der Waals surface area (Å²) in [5, 5.41) is 8.95. The van der Waals surface area contributed by atoms with Crippen LogP contribution in [0.3, 0.4) is 0 Å². The number of rotatable bonds is 15. The lowest BCUT2D eigenvalue weighted by Gasteiger charge is -2.12. The molecule has 0 bridgehead atoms. The topological polar surface area (TPSA) is 89.6 Å². The van der Waals surface area contributed by atoms with E-state index < -0.39 is 18.0 Å². The molecule has 1 unspecified atom stereocenters. The molecule has 0 aromatic rings. The number of hydrogen-bond acceptors (Lipinski definition) is 3. The van der Waals surface area contributed by atoms with Gasteiger partial charge in [-0.3, -0.25) is 4.79 Å². The van der Waals surface area contributed by atoms with E-state index in [4.69, 9.17) is 15.6 Å². The van der Waals surface area contributed by atoms with Crippen molar-refractivity contribution in [1.82, 2.24) is 0 Å². The second-order valence-electron chi connectivity index (χ2n) is 5.57. The van der Waals surface area contributed by atoms with Gasteiger partial charge in [0.05, 0.1) is 0 Å². The van der Waals surface area contributed by atoms with Gasteiger partial charge in [-0.05, 0) is 6.42 Å². The zero-order chi connectivity index (χ0) is 15.9. The molecule has 3 N–H and O–H groups in total. The third-order valence-corrected chi connectivity index (χ3v) is 3.52. The van der Waals surface area contributed by atoms with Crippen molar-refractivity contribution in [2.24, 2.45) is 5.73 Å². The number of unbranched alkanes of at least 4 members (excludes halogenated alkanes) is 9. The summed E-state index contributed by atoms with van der Waals surface area (Å²) in [6, 6.07) is 0. The predicted molar refractivity (Wildman–Crippen MR) is 83.0 cm³/mol. The van der Waals surface area contributed by atoms with Crippen LogP contribution in [-0.4, -0.2) is 29.7 Å². The number of aliphatic carboxylic acids is 1. The molecule has 1 atom stereocenters. The van der Waals surface area contributed by atoms with Gasteiger partial charge in [-0.15, -0.1) is 0 Å². The van der Waals surface area contributed by atoms with Gasteiger partial charge in [0.15, 0.2) is 6.10 Å². The Bertz CT molecular complexity index is 281. The Morgan fingerprint density at radius 2 is 1.43 bits per heavy atom. The average molecular weight is 301 g/mol. The normalized spacial score (nSPS) is 12.2. The molecule has 1 amide bonds. The highest BCUT2D eigenvalue weighted by atomic mass is 16.5. The first-order valence-electron chi connectivity index (χ1n) is 8.20. The van der Waals surface area contributed by atoms with Crippen LogP contribution < -0.4 is 5.73 Å². The van der Waals surface area contributed by atoms with Crippen LogP contribution in [0.2, 0.25) is 0 Å². The quantitative estimate of drug-likeness (QED) is 0.454. The standard InChI is InChI=1S/C16H31NO4/c1-2-3-4-5-6-7-8-9-10-11-12-14(16(19)20)21-13-15(17)18/h14H,2-13H2,1H3,(H2,17,18)(H,19,20). The number of carboxylic acids is 1. The fraction of sp³-hybridized carbons (Fsp3) is 0.875. The zero-order valence-corrected chi connectivity index (χ0v) is 13.3. The van der Waals surface area contributed by atoms with Crippen molar-refractivity contribution < 1.29 is 19.4 Å². The first-order valence-corrected chi connectivity index (χ1v) is 8.20. The monoisotopic (exact) mass is 301 g/mol. The minimum Gasteiger partial charge on any atom is -0.479 e. The van der Waals surface area contributed by atoms with Crippen LogP contribution in [0.15, 0.2) is 0 Å². The largest absolute Gasteiger partial charge is 0.479 e. The van der Waals surface area contributed by atoms with E-state index in [2.05, 4.69) is 6.92 Å². The number of carbonyl (C=O) groups excluding carboxylic acids is 1. The summed E-state index contributed by atoms with van der Waals surface area (Å²) >= 11 is 0. The van der Waals surface area contributed by atoms with Gasteiger partial charge in [-0.2, -0.15) is 0 Å². The molecular formula is C16H31NO4. The molecule has 0 radical (unpaired) electrons. The van der Waals surface area contributed by atoms with Crippen molar-refractivity contribution in [2.45, 2.75) is 83.7 Å². The van der Waals surface area contributed by atoms with Gasteiger partial charge < -0.3 is 15.6 Å². The molecule has 124 valence electrons. The molecule has 0 aromatic heterocycles. The SMILES string of the molecule is CCCCCCCCCCCCC(OCC(N)=O)C(=O)O. The van der Waals surface area contributed by atoms with E-state index in [1.54, 1.807) is 0 Å². The number of carboxylic acid groups (broad SMARTS) is 1. The number of carbonyl (C=O) groups is 2. The number of hydrogen-bond donors (Lipinski definition) is 2. The van der Waals surface area contributed by atoms with Crippen LogP contribution in [-0.2, 0) is 14.3 Å². The number of ether oxygens (including phenoxy) is 1. The van der Waals surface area contributed by atoms with Crippen LogP contribution in [0.1, 0.15) is 77.6 Å². The molecule has 21 heavy (non-hydrogen) atoms. The summed E-state index contributed by atoms with van der Waals surface area (Å²) < 4.78 is 4.97. The maximum Gasteiger partial charge on any atom is 0.332 e. The summed E-state index contributed by atoms with van der Waals surface area (Å²) in [5.74, 6) is -1.66. The van der Waals surface area contributed by atoms with Crippen molar-refractivity contribution in [2.75, 3.05) is 6.61 Å².